The first kappa shape index (κ1) is 36.8. The van der Waals surface area contributed by atoms with Crippen LogP contribution < -0.4 is 31.6 Å². The number of amides is 4. The van der Waals surface area contributed by atoms with Crippen molar-refractivity contribution < 1.29 is 23.9 Å². The van der Waals surface area contributed by atoms with Crippen LogP contribution in [0.3, 0.4) is 0 Å². The normalized spacial score (nSPS) is 15.4. The summed E-state index contributed by atoms with van der Waals surface area (Å²) in [5.41, 5.74) is 4.14. The molecule has 1 fully saturated rings. The van der Waals surface area contributed by atoms with Crippen LogP contribution in [0.2, 0.25) is 0 Å². The van der Waals surface area contributed by atoms with Crippen LogP contribution in [-0.2, 0) is 16.6 Å². The summed E-state index contributed by atoms with van der Waals surface area (Å²) in [6, 6.07) is 11.8. The number of carbonyl (C=O) groups is 4. The van der Waals surface area contributed by atoms with Crippen molar-refractivity contribution in [3.63, 3.8) is 0 Å². The molecule has 0 saturated carbocycles. The minimum atomic E-state index is -0.834. The molecule has 4 amide bonds. The lowest BCUT2D eigenvalue weighted by Gasteiger charge is -2.29. The number of allylic oxidation sites excluding steroid dienone is 1. The minimum Gasteiger partial charge on any atom is -0.497 e. The predicted octanol–water partition coefficient (Wildman–Crippen LogP) is 4.98. The molecule has 13 heteroatoms. The fraction of sp³-hybridized carbons (Fsp3) is 0.350. The number of aromatic nitrogens is 2. The SMILES string of the molecule is C=C1CCC(N2C(=O)c3cccc(NCCCCCCCCNC(=O)CNc4cc(OC)cc(-c5cn(C)c(=O)c6cnccc56)c4)c3C2=O)C(=O)N1. The molecule has 13 nitrogen and oxygen atoms in total. The third kappa shape index (κ3) is 8.24. The summed E-state index contributed by atoms with van der Waals surface area (Å²) >= 11 is 0. The number of aryl methyl sites for hydroxylation is 1. The second-order valence-corrected chi connectivity index (χ2v) is 13.4. The molecule has 0 aliphatic carbocycles. The number of carbonyl (C=O) groups excluding carboxylic acids is 4. The van der Waals surface area contributed by atoms with Gasteiger partial charge in [-0.2, -0.15) is 0 Å². The van der Waals surface area contributed by atoms with Gasteiger partial charge < -0.3 is 30.6 Å². The maximum Gasteiger partial charge on any atom is 0.264 e. The first-order chi connectivity index (χ1) is 25.7. The zero-order chi connectivity index (χ0) is 37.5. The first-order valence-corrected chi connectivity index (χ1v) is 18.0. The number of nitrogens with zero attached hydrogens (tertiary/aromatic N) is 3. The van der Waals surface area contributed by atoms with E-state index in [2.05, 4.69) is 32.8 Å². The lowest BCUT2D eigenvalue weighted by atomic mass is 10.0. The molecule has 53 heavy (non-hydrogen) atoms. The number of fused-ring (bicyclic) bond motifs is 2. The standard InChI is InChI=1S/C40H45N7O6/c1-25-13-14-34(37(49)45-25)47-39(51)30-11-10-12-33(36(30)40(47)52)42-16-8-6-4-5-7-9-17-43-35(48)23-44-27-19-26(20-28(21-27)53-3)32-24-46(2)38(50)31-22-41-18-15-29(31)32/h10-12,15,18-22,24,34,42,44H,1,4-9,13-14,16-17,23H2,2-3H3,(H,43,48)(H,45,49). The predicted molar refractivity (Wildman–Crippen MR) is 204 cm³/mol. The fourth-order valence-electron chi connectivity index (χ4n) is 6.91. The number of rotatable bonds is 16. The Balaban J connectivity index is 0.889. The molecule has 1 saturated heterocycles. The van der Waals surface area contributed by atoms with Gasteiger partial charge in [-0.05, 0) is 67.0 Å². The minimum absolute atomic E-state index is 0.103. The van der Waals surface area contributed by atoms with Crippen LogP contribution in [0.25, 0.3) is 21.9 Å². The van der Waals surface area contributed by atoms with Crippen molar-refractivity contribution in [3.8, 4) is 16.9 Å². The molecule has 1 atom stereocenters. The summed E-state index contributed by atoms with van der Waals surface area (Å²) in [6.07, 6.45) is 11.7. The van der Waals surface area contributed by atoms with E-state index >= 15 is 0 Å². The topological polar surface area (TPSA) is 164 Å². The van der Waals surface area contributed by atoms with Crippen LogP contribution in [0.5, 0.6) is 5.75 Å². The van der Waals surface area contributed by atoms with Gasteiger partial charge in [-0.3, -0.25) is 33.9 Å². The van der Waals surface area contributed by atoms with E-state index in [0.29, 0.717) is 59.6 Å². The number of ether oxygens (including phenoxy) is 1. The van der Waals surface area contributed by atoms with Gasteiger partial charge >= 0.3 is 0 Å². The van der Waals surface area contributed by atoms with Gasteiger partial charge in [0.25, 0.3) is 17.4 Å². The molecule has 1 unspecified atom stereocenters. The summed E-state index contributed by atoms with van der Waals surface area (Å²) in [5, 5.41) is 13.5. The Morgan fingerprint density at radius 3 is 2.49 bits per heavy atom. The average Bonchev–Trinajstić information content (AvgIpc) is 3.41. The summed E-state index contributed by atoms with van der Waals surface area (Å²) in [7, 11) is 3.30. The highest BCUT2D eigenvalue weighted by atomic mass is 16.5. The van der Waals surface area contributed by atoms with E-state index in [4.69, 9.17) is 4.74 Å². The average molecular weight is 720 g/mol. The Morgan fingerprint density at radius 2 is 1.72 bits per heavy atom. The quantitative estimate of drug-likeness (QED) is 0.0924. The van der Waals surface area contributed by atoms with Crippen molar-refractivity contribution in [2.45, 2.75) is 57.4 Å². The van der Waals surface area contributed by atoms with E-state index in [1.807, 2.05) is 24.3 Å². The van der Waals surface area contributed by atoms with Gasteiger partial charge in [-0.15, -0.1) is 0 Å². The zero-order valence-corrected chi connectivity index (χ0v) is 30.1. The molecule has 2 aliphatic rings. The third-order valence-corrected chi connectivity index (χ3v) is 9.71. The van der Waals surface area contributed by atoms with Gasteiger partial charge in [-0.1, -0.05) is 38.3 Å². The van der Waals surface area contributed by atoms with E-state index in [-0.39, 0.29) is 23.9 Å². The van der Waals surface area contributed by atoms with Gasteiger partial charge in [0, 0.05) is 67.4 Å². The number of benzene rings is 2. The second-order valence-electron chi connectivity index (χ2n) is 13.4. The van der Waals surface area contributed by atoms with E-state index in [9.17, 15) is 24.0 Å². The molecular formula is C40H45N7O6. The Morgan fingerprint density at radius 1 is 0.943 bits per heavy atom. The van der Waals surface area contributed by atoms with Crippen LogP contribution in [0.15, 0.2) is 78.1 Å². The van der Waals surface area contributed by atoms with Crippen molar-refractivity contribution in [1.29, 1.82) is 0 Å². The van der Waals surface area contributed by atoms with Gasteiger partial charge in [0.05, 0.1) is 30.2 Å². The van der Waals surface area contributed by atoms with Gasteiger partial charge in [-0.25, -0.2) is 0 Å². The van der Waals surface area contributed by atoms with Crippen molar-refractivity contribution in [3.05, 3.63) is 94.8 Å². The molecule has 0 spiro atoms. The van der Waals surface area contributed by atoms with Gasteiger partial charge in [0.15, 0.2) is 0 Å². The molecule has 4 heterocycles. The summed E-state index contributed by atoms with van der Waals surface area (Å²) in [5.74, 6) is -0.744. The van der Waals surface area contributed by atoms with Crippen molar-refractivity contribution in [2.24, 2.45) is 7.05 Å². The summed E-state index contributed by atoms with van der Waals surface area (Å²) < 4.78 is 7.07. The number of unbranched alkanes of at least 4 members (excludes halogenated alkanes) is 5. The lowest BCUT2D eigenvalue weighted by Crippen LogP contribution is -2.51. The Labute approximate surface area is 307 Å². The molecule has 2 aromatic carbocycles. The van der Waals surface area contributed by atoms with Gasteiger partial charge in [0.2, 0.25) is 11.8 Å². The maximum absolute atomic E-state index is 13.3. The number of methoxy groups -OCH3 is 1. The third-order valence-electron chi connectivity index (χ3n) is 9.71. The van der Waals surface area contributed by atoms with E-state index in [1.165, 1.54) is 4.57 Å². The molecule has 4 N–H and O–H groups in total. The van der Waals surface area contributed by atoms with Crippen LogP contribution in [0.1, 0.15) is 72.1 Å². The van der Waals surface area contributed by atoms with Crippen LogP contribution in [0, 0.1) is 0 Å². The number of pyridine rings is 2. The Kier molecular flexibility index (Phi) is 11.5. The smallest absolute Gasteiger partial charge is 0.264 e. The number of nitrogens with one attached hydrogen (secondary N) is 4. The van der Waals surface area contributed by atoms with Crippen LogP contribution in [0.4, 0.5) is 11.4 Å². The van der Waals surface area contributed by atoms with Crippen LogP contribution >= 0.6 is 0 Å². The molecule has 6 rings (SSSR count). The molecular weight excluding hydrogens is 674 g/mol. The monoisotopic (exact) mass is 719 g/mol. The Hall–Kier alpha value is -5.98. The second kappa shape index (κ2) is 16.6. The Bertz CT molecular complexity index is 2130. The molecule has 4 aromatic rings. The number of hydrogen-bond donors (Lipinski definition) is 4. The lowest BCUT2D eigenvalue weighted by molar-refractivity contribution is -0.125. The number of hydrogen-bond acceptors (Lipinski definition) is 9. The maximum atomic E-state index is 13.3. The highest BCUT2D eigenvalue weighted by Gasteiger charge is 2.45. The molecule has 2 aromatic heterocycles. The first-order valence-electron chi connectivity index (χ1n) is 18.0. The zero-order valence-electron chi connectivity index (χ0n) is 30.1. The largest absolute Gasteiger partial charge is 0.497 e. The molecule has 276 valence electrons. The van der Waals surface area contributed by atoms with Crippen molar-refractivity contribution in [1.82, 2.24) is 25.1 Å². The number of piperidine rings is 1. The van der Waals surface area contributed by atoms with Crippen LogP contribution in [-0.4, -0.2) is 70.9 Å². The van der Waals surface area contributed by atoms with Crippen molar-refractivity contribution in [2.75, 3.05) is 37.4 Å². The van der Waals surface area contributed by atoms with E-state index in [1.54, 1.807) is 50.9 Å². The number of anilines is 2. The van der Waals surface area contributed by atoms with Gasteiger partial charge in [0.1, 0.15) is 11.8 Å². The summed E-state index contributed by atoms with van der Waals surface area (Å²) in [4.78, 5) is 69.4. The summed E-state index contributed by atoms with van der Waals surface area (Å²) in [6.45, 7) is 5.12. The van der Waals surface area contributed by atoms with Crippen molar-refractivity contribution >= 4 is 45.8 Å². The number of imide groups is 1. The highest BCUT2D eigenvalue weighted by Crippen LogP contribution is 2.34. The van der Waals surface area contributed by atoms with E-state index in [0.717, 1.165) is 65.6 Å². The molecule has 0 radical (unpaired) electrons. The highest BCUT2D eigenvalue weighted by molar-refractivity contribution is 6.25. The molecule has 2 aliphatic heterocycles. The van der Waals surface area contributed by atoms with E-state index < -0.39 is 17.9 Å². The fourth-order valence-corrected chi connectivity index (χ4v) is 6.91. The molecule has 0 bridgehead atoms.